The highest BCUT2D eigenvalue weighted by molar-refractivity contribution is 5.76. The number of aliphatic hydroxyl groups excluding tert-OH is 11. The van der Waals surface area contributed by atoms with Gasteiger partial charge in [0, 0.05) is 6.42 Å². The van der Waals surface area contributed by atoms with Gasteiger partial charge in [-0.15, -0.1) is 0 Å². The van der Waals surface area contributed by atoms with E-state index in [9.17, 15) is 61.0 Å². The van der Waals surface area contributed by atoms with Crippen molar-refractivity contribution in [3.05, 3.63) is 158 Å². The molecule has 3 aliphatic rings. The summed E-state index contributed by atoms with van der Waals surface area (Å²) in [7, 11) is 0. The third kappa shape index (κ3) is 38.4. The van der Waals surface area contributed by atoms with E-state index in [1.54, 1.807) is 6.08 Å². The number of carbonyl (C=O) groups excluding carboxylic acids is 1. The van der Waals surface area contributed by atoms with Crippen LogP contribution in [-0.4, -0.2) is 193 Å². The maximum absolute atomic E-state index is 13.4. The Morgan fingerprint density at radius 1 is 0.378 bits per heavy atom. The minimum Gasteiger partial charge on any atom is -0.394 e. The summed E-state index contributed by atoms with van der Waals surface area (Å²) < 4.78 is 34.3. The van der Waals surface area contributed by atoms with Gasteiger partial charge < -0.3 is 89.9 Å². The predicted octanol–water partition coefficient (Wildman–Crippen LogP) is 10.9. The van der Waals surface area contributed by atoms with Gasteiger partial charge in [-0.1, -0.05) is 242 Å². The topological polar surface area (TPSA) is 307 Å². The van der Waals surface area contributed by atoms with Crippen LogP contribution in [0.2, 0.25) is 0 Å². The zero-order valence-corrected chi connectivity index (χ0v) is 58.9. The summed E-state index contributed by atoms with van der Waals surface area (Å²) in [6.07, 6.45) is 58.0. The first-order valence-corrected chi connectivity index (χ1v) is 36.7. The van der Waals surface area contributed by atoms with Gasteiger partial charge in [0.15, 0.2) is 18.9 Å². The van der Waals surface area contributed by atoms with Crippen molar-refractivity contribution in [2.75, 3.05) is 26.4 Å². The first-order chi connectivity index (χ1) is 47.8. The van der Waals surface area contributed by atoms with Crippen LogP contribution in [0.1, 0.15) is 200 Å². The number of hydrogen-bond acceptors (Lipinski definition) is 18. The summed E-state index contributed by atoms with van der Waals surface area (Å²) in [5.74, 6) is -0.325. The SMILES string of the molecule is CC/C=C\C/C=C\C/C=C\C/C=C\C/C=C\C/C=C\C/C=C\C/C=C\C/C=C\C/C=C\C/C=C\C/C=C\CCCCC(=O)NC(COC1OC(CO)C(OC2OC(CO)C(OC3OC(CO)C(O)C(O)C3O)C(O)C2O)C(O)C1O)C(O)/C=C/CCCCCCCCCCCCCC. The number of carbonyl (C=O) groups is 1. The summed E-state index contributed by atoms with van der Waals surface area (Å²) in [5.41, 5.74) is 0. The number of aliphatic hydroxyl groups is 11. The smallest absolute Gasteiger partial charge is 0.220 e. The van der Waals surface area contributed by atoms with Crippen molar-refractivity contribution in [3.63, 3.8) is 0 Å². The quantitative estimate of drug-likeness (QED) is 0.0199. The molecule has 1 amide bonds. The van der Waals surface area contributed by atoms with E-state index in [1.807, 2.05) is 6.08 Å². The summed E-state index contributed by atoms with van der Waals surface area (Å²) >= 11 is 0. The maximum atomic E-state index is 13.4. The molecule has 0 spiro atoms. The Bertz CT molecular complexity index is 2390. The molecule has 3 heterocycles. The van der Waals surface area contributed by atoms with Gasteiger partial charge in [0.05, 0.1) is 38.6 Å². The van der Waals surface area contributed by atoms with Crippen molar-refractivity contribution in [1.29, 1.82) is 0 Å². The molecule has 0 radical (unpaired) electrons. The Hall–Kier alpha value is -4.59. The highest BCUT2D eigenvalue weighted by Gasteiger charge is 2.53. The Kier molecular flexibility index (Phi) is 51.8. The molecular weight excluding hydrogens is 1250 g/mol. The lowest BCUT2D eigenvalue weighted by Crippen LogP contribution is -2.66. The molecule has 0 bridgehead atoms. The summed E-state index contributed by atoms with van der Waals surface area (Å²) in [6, 6.07) is -1.01. The van der Waals surface area contributed by atoms with Crippen LogP contribution in [0.3, 0.4) is 0 Å². The van der Waals surface area contributed by atoms with Gasteiger partial charge in [-0.25, -0.2) is 0 Å². The third-order valence-corrected chi connectivity index (χ3v) is 17.1. The molecule has 19 heteroatoms. The van der Waals surface area contributed by atoms with Crippen LogP contribution < -0.4 is 5.32 Å². The molecule has 0 aromatic rings. The Morgan fingerprint density at radius 2 is 0.704 bits per heavy atom. The van der Waals surface area contributed by atoms with E-state index in [2.05, 4.69) is 165 Å². The summed E-state index contributed by atoms with van der Waals surface area (Å²) in [6.45, 7) is 1.55. The summed E-state index contributed by atoms with van der Waals surface area (Å²) in [4.78, 5) is 13.4. The lowest BCUT2D eigenvalue weighted by Gasteiger charge is -2.48. The monoisotopic (exact) mass is 1380 g/mol. The third-order valence-electron chi connectivity index (χ3n) is 17.1. The molecule has 3 aliphatic heterocycles. The first kappa shape index (κ1) is 87.6. The summed E-state index contributed by atoms with van der Waals surface area (Å²) in [5, 5.41) is 120. The van der Waals surface area contributed by atoms with Crippen molar-refractivity contribution in [1.82, 2.24) is 5.32 Å². The number of ether oxygens (including phenoxy) is 6. The zero-order valence-electron chi connectivity index (χ0n) is 58.9. The molecule has 3 fully saturated rings. The van der Waals surface area contributed by atoms with E-state index < -0.39 is 124 Å². The van der Waals surface area contributed by atoms with E-state index in [0.29, 0.717) is 6.42 Å². The van der Waals surface area contributed by atoms with E-state index in [0.717, 1.165) is 116 Å². The minimum absolute atomic E-state index is 0.177. The fraction of sp³-hybridized carbons (Fsp3) is 0.658. The molecule has 0 aromatic carbocycles. The van der Waals surface area contributed by atoms with Crippen molar-refractivity contribution in [2.24, 2.45) is 0 Å². The van der Waals surface area contributed by atoms with Gasteiger partial charge in [-0.3, -0.25) is 4.79 Å². The maximum Gasteiger partial charge on any atom is 0.220 e. The van der Waals surface area contributed by atoms with Gasteiger partial charge >= 0.3 is 0 Å². The van der Waals surface area contributed by atoms with Crippen molar-refractivity contribution >= 4 is 5.91 Å². The fourth-order valence-electron chi connectivity index (χ4n) is 11.2. The fourth-order valence-corrected chi connectivity index (χ4v) is 11.2. The number of rotatable bonds is 54. The standard InChI is InChI=1S/C79H127NO18/c1-3-5-7-9-11-13-15-17-19-20-21-22-23-24-25-26-27-28-29-30-31-32-33-34-35-36-37-38-39-40-41-42-43-45-47-49-51-53-55-57-67(85)80-62(63(84)56-54-52-50-48-46-44-18-16-14-12-10-8-6-4-2)61-93-77-73(91)70(88)75(65(59-82)95-77)98-79-74(92)71(89)76(66(60-83)96-79)97-78-72(90)69(87)68(86)64(58-81)94-78/h5,7,11,13,17,19,21-22,24-25,27-28,30-31,33-34,36-37,39-40,42-43,47,49,54,56,62-66,68-79,81-84,86-92H,3-4,6,8-10,12,14-16,18,20,23,26,29,32,35,38,41,44-46,48,50-53,55,57-61H2,1-2H3,(H,80,85)/b7-5-,13-11-,19-17-,22-21-,25-24-,28-27-,31-30-,34-33-,37-36-,40-39-,43-42-,49-47-,56-54+. The average molecular weight is 1380 g/mol. The molecule has 0 aliphatic carbocycles. The molecule has 17 unspecified atom stereocenters. The van der Waals surface area contributed by atoms with E-state index in [-0.39, 0.29) is 18.9 Å². The lowest BCUT2D eigenvalue weighted by atomic mass is 9.96. The Balaban J connectivity index is 1.38. The van der Waals surface area contributed by atoms with E-state index in [4.69, 9.17) is 28.4 Å². The lowest BCUT2D eigenvalue weighted by molar-refractivity contribution is -0.379. The van der Waals surface area contributed by atoms with Gasteiger partial charge in [0.2, 0.25) is 5.91 Å². The van der Waals surface area contributed by atoms with Crippen LogP contribution in [0.15, 0.2) is 158 Å². The molecule has 556 valence electrons. The second-order valence-electron chi connectivity index (χ2n) is 25.3. The first-order valence-electron chi connectivity index (χ1n) is 36.7. The van der Waals surface area contributed by atoms with Crippen LogP contribution in [-0.2, 0) is 33.2 Å². The van der Waals surface area contributed by atoms with Crippen LogP contribution in [0, 0.1) is 0 Å². The van der Waals surface area contributed by atoms with E-state index >= 15 is 0 Å². The molecule has 3 saturated heterocycles. The number of allylic oxidation sites excluding steroid dienone is 25. The second kappa shape index (κ2) is 58.0. The predicted molar refractivity (Wildman–Crippen MR) is 387 cm³/mol. The number of amides is 1. The normalized spacial score (nSPS) is 27.7. The van der Waals surface area contributed by atoms with Crippen LogP contribution >= 0.6 is 0 Å². The van der Waals surface area contributed by atoms with Gasteiger partial charge in [0.25, 0.3) is 0 Å². The van der Waals surface area contributed by atoms with Crippen LogP contribution in [0.4, 0.5) is 0 Å². The molecule has 98 heavy (non-hydrogen) atoms. The highest BCUT2D eigenvalue weighted by Crippen LogP contribution is 2.33. The van der Waals surface area contributed by atoms with Gasteiger partial charge in [-0.2, -0.15) is 0 Å². The Morgan fingerprint density at radius 3 is 1.10 bits per heavy atom. The second-order valence-corrected chi connectivity index (χ2v) is 25.3. The molecule has 17 atom stereocenters. The van der Waals surface area contributed by atoms with Gasteiger partial charge in [0.1, 0.15) is 73.2 Å². The van der Waals surface area contributed by atoms with Crippen molar-refractivity contribution < 1.29 is 89.4 Å². The number of hydrogen-bond donors (Lipinski definition) is 12. The largest absolute Gasteiger partial charge is 0.394 e. The minimum atomic E-state index is -1.99. The zero-order chi connectivity index (χ0) is 71.1. The van der Waals surface area contributed by atoms with Crippen molar-refractivity contribution in [3.8, 4) is 0 Å². The van der Waals surface area contributed by atoms with Crippen LogP contribution in [0.5, 0.6) is 0 Å². The van der Waals surface area contributed by atoms with E-state index in [1.165, 1.54) is 57.8 Å². The number of unbranched alkanes of at least 4 members (excludes halogenated alkanes) is 14. The van der Waals surface area contributed by atoms with Crippen molar-refractivity contribution in [2.45, 2.75) is 304 Å². The molecule has 3 rings (SSSR count). The average Bonchev–Trinajstić information content (AvgIpc) is 0.785. The Labute approximate surface area is 586 Å². The van der Waals surface area contributed by atoms with Crippen LogP contribution in [0.25, 0.3) is 0 Å². The highest BCUT2D eigenvalue weighted by atomic mass is 16.8. The van der Waals surface area contributed by atoms with Gasteiger partial charge in [-0.05, 0) is 109 Å². The molecular formula is C79H127NO18. The molecule has 0 saturated carbocycles. The molecule has 19 nitrogen and oxygen atoms in total. The molecule has 12 N–H and O–H groups in total. The molecule has 0 aromatic heterocycles. The number of nitrogens with one attached hydrogen (secondary N) is 1.